The molecule has 2 atom stereocenters. The third kappa shape index (κ3) is 2.45. The van der Waals surface area contributed by atoms with Gasteiger partial charge in [0.25, 0.3) is 0 Å². The summed E-state index contributed by atoms with van der Waals surface area (Å²) in [5, 5.41) is 0. The Kier molecular flexibility index (Phi) is 3.54. The summed E-state index contributed by atoms with van der Waals surface area (Å²) < 4.78 is 0. The molecule has 1 fully saturated rings. The van der Waals surface area contributed by atoms with Crippen molar-refractivity contribution in [2.45, 2.75) is 11.8 Å². The number of hydrogen-bond acceptors (Lipinski definition) is 3. The van der Waals surface area contributed by atoms with Crippen LogP contribution in [0.15, 0.2) is 24.3 Å². The number of benzene rings is 1. The van der Waals surface area contributed by atoms with E-state index in [1.165, 1.54) is 0 Å². The summed E-state index contributed by atoms with van der Waals surface area (Å²) in [5.74, 6) is 0.588. The predicted molar refractivity (Wildman–Crippen MR) is 77.9 cm³/mol. The molecular weight excluding hydrogens is 238 g/mol. The van der Waals surface area contributed by atoms with E-state index < -0.39 is 0 Å². The third-order valence-corrected chi connectivity index (χ3v) is 3.90. The van der Waals surface area contributed by atoms with Crippen LogP contribution in [0.25, 0.3) is 0 Å². The summed E-state index contributed by atoms with van der Waals surface area (Å²) in [4.78, 5) is 16.4. The van der Waals surface area contributed by atoms with Crippen molar-refractivity contribution in [3.8, 4) is 0 Å². The Hall–Kier alpha value is -1.55. The summed E-state index contributed by atoms with van der Waals surface area (Å²) in [5.41, 5.74) is 7.22. The first kappa shape index (κ1) is 13.9. The van der Waals surface area contributed by atoms with Crippen LogP contribution >= 0.6 is 0 Å². The van der Waals surface area contributed by atoms with Gasteiger partial charge in [0, 0.05) is 26.3 Å². The number of amides is 1. The van der Waals surface area contributed by atoms with E-state index in [2.05, 4.69) is 4.90 Å². The molecule has 0 spiro atoms. The van der Waals surface area contributed by atoms with Crippen LogP contribution in [0.1, 0.15) is 12.0 Å². The fourth-order valence-corrected chi connectivity index (χ4v) is 2.91. The maximum absolute atomic E-state index is 12.6. The highest BCUT2D eigenvalue weighted by molar-refractivity contribution is 5.92. The molecule has 1 aromatic rings. The molecule has 2 unspecified atom stereocenters. The molecule has 1 saturated carbocycles. The van der Waals surface area contributed by atoms with Gasteiger partial charge in [-0.25, -0.2) is 0 Å². The number of carbonyl (C=O) groups excluding carboxylic acids is 1. The molecule has 0 aromatic heterocycles. The fraction of sp³-hybridized carbons (Fsp3) is 0.533. The third-order valence-electron chi connectivity index (χ3n) is 3.90. The van der Waals surface area contributed by atoms with Gasteiger partial charge in [0.05, 0.1) is 5.41 Å². The van der Waals surface area contributed by atoms with Gasteiger partial charge in [-0.15, -0.1) is 0 Å². The lowest BCUT2D eigenvalue weighted by molar-refractivity contribution is -0.131. The normalized spacial score (nSPS) is 25.4. The predicted octanol–water partition coefficient (Wildman–Crippen LogP) is 1.18. The van der Waals surface area contributed by atoms with E-state index in [0.29, 0.717) is 5.92 Å². The van der Waals surface area contributed by atoms with Gasteiger partial charge in [-0.3, -0.25) is 4.79 Å². The number of hydrogen-bond donors (Lipinski definition) is 1. The van der Waals surface area contributed by atoms with Gasteiger partial charge in [0.2, 0.25) is 5.91 Å². The van der Waals surface area contributed by atoms with Crippen molar-refractivity contribution in [2.75, 3.05) is 40.5 Å². The summed E-state index contributed by atoms with van der Waals surface area (Å²) in [6.45, 7) is 0.934. The van der Waals surface area contributed by atoms with E-state index in [-0.39, 0.29) is 11.3 Å². The molecule has 1 aliphatic rings. The number of nitrogen functional groups attached to an aromatic ring is 1. The SMILES string of the molecule is CN(C)CC1CC1(C(=O)N(C)C)c1ccc(N)cc1. The highest BCUT2D eigenvalue weighted by atomic mass is 16.2. The number of nitrogens with two attached hydrogens (primary N) is 1. The molecule has 4 nitrogen and oxygen atoms in total. The molecule has 0 aliphatic heterocycles. The van der Waals surface area contributed by atoms with Gasteiger partial charge in [-0.05, 0) is 44.1 Å². The molecule has 2 N–H and O–H groups in total. The van der Waals surface area contributed by atoms with E-state index in [4.69, 9.17) is 5.73 Å². The lowest BCUT2D eigenvalue weighted by Crippen LogP contribution is -2.36. The zero-order valence-electron chi connectivity index (χ0n) is 12.2. The first-order chi connectivity index (χ1) is 8.87. The number of carbonyl (C=O) groups is 1. The summed E-state index contributed by atoms with van der Waals surface area (Å²) in [6.07, 6.45) is 0.923. The molecule has 1 amide bonds. The van der Waals surface area contributed by atoms with E-state index in [1.807, 2.05) is 52.5 Å². The second kappa shape index (κ2) is 4.85. The Morgan fingerprint density at radius 1 is 1.26 bits per heavy atom. The van der Waals surface area contributed by atoms with Crippen LogP contribution in [0.4, 0.5) is 5.69 Å². The number of anilines is 1. The number of likely N-dealkylation sites (N-methyl/N-ethyl adjacent to an activating group) is 1. The quantitative estimate of drug-likeness (QED) is 0.828. The van der Waals surface area contributed by atoms with Crippen LogP contribution < -0.4 is 5.73 Å². The zero-order chi connectivity index (χ0) is 14.2. The number of nitrogens with zero attached hydrogens (tertiary/aromatic N) is 2. The number of rotatable bonds is 4. The van der Waals surface area contributed by atoms with Crippen molar-refractivity contribution < 1.29 is 4.79 Å². The Balaban J connectivity index is 2.32. The van der Waals surface area contributed by atoms with E-state index in [1.54, 1.807) is 4.90 Å². The molecule has 2 rings (SSSR count). The standard InChI is InChI=1S/C15H23N3O/c1-17(2)10-12-9-15(12,14(19)18(3)4)11-5-7-13(16)8-6-11/h5-8,12H,9-10,16H2,1-4H3. The van der Waals surface area contributed by atoms with E-state index >= 15 is 0 Å². The minimum absolute atomic E-state index is 0.198. The molecule has 4 heteroatoms. The molecule has 1 aromatic carbocycles. The second-order valence-corrected chi connectivity index (χ2v) is 5.96. The van der Waals surface area contributed by atoms with Crippen LogP contribution in [-0.2, 0) is 10.2 Å². The van der Waals surface area contributed by atoms with Crippen LogP contribution in [0.2, 0.25) is 0 Å². The lowest BCUT2D eigenvalue weighted by Gasteiger charge is -2.23. The van der Waals surface area contributed by atoms with Gasteiger partial charge < -0.3 is 15.5 Å². The maximum Gasteiger partial charge on any atom is 0.233 e. The molecule has 0 heterocycles. The van der Waals surface area contributed by atoms with E-state index in [9.17, 15) is 4.79 Å². The Morgan fingerprint density at radius 2 is 1.84 bits per heavy atom. The Bertz CT molecular complexity index is 467. The largest absolute Gasteiger partial charge is 0.399 e. The minimum atomic E-state index is -0.346. The van der Waals surface area contributed by atoms with Crippen LogP contribution in [-0.4, -0.2) is 50.4 Å². The van der Waals surface area contributed by atoms with E-state index in [0.717, 1.165) is 24.2 Å². The van der Waals surface area contributed by atoms with Crippen LogP contribution in [0.5, 0.6) is 0 Å². The van der Waals surface area contributed by atoms with Crippen LogP contribution in [0, 0.1) is 5.92 Å². The summed E-state index contributed by atoms with van der Waals surface area (Å²) in [7, 11) is 7.75. The van der Waals surface area contributed by atoms with Gasteiger partial charge in [-0.2, -0.15) is 0 Å². The second-order valence-electron chi connectivity index (χ2n) is 5.96. The van der Waals surface area contributed by atoms with Gasteiger partial charge in [0.15, 0.2) is 0 Å². The van der Waals surface area contributed by atoms with Crippen molar-refractivity contribution in [3.63, 3.8) is 0 Å². The first-order valence-electron chi connectivity index (χ1n) is 6.60. The monoisotopic (exact) mass is 261 g/mol. The average molecular weight is 261 g/mol. The summed E-state index contributed by atoms with van der Waals surface area (Å²) >= 11 is 0. The zero-order valence-corrected chi connectivity index (χ0v) is 12.2. The minimum Gasteiger partial charge on any atom is -0.399 e. The molecule has 0 bridgehead atoms. The van der Waals surface area contributed by atoms with Crippen molar-refractivity contribution >= 4 is 11.6 Å². The highest BCUT2D eigenvalue weighted by Crippen LogP contribution is 2.55. The molecule has 104 valence electrons. The van der Waals surface area contributed by atoms with Crippen molar-refractivity contribution in [3.05, 3.63) is 29.8 Å². The first-order valence-corrected chi connectivity index (χ1v) is 6.60. The average Bonchev–Trinajstić information content (AvgIpc) is 3.03. The van der Waals surface area contributed by atoms with Gasteiger partial charge >= 0.3 is 0 Å². The molecule has 1 aliphatic carbocycles. The Morgan fingerprint density at radius 3 is 2.32 bits per heavy atom. The molecule has 0 radical (unpaired) electrons. The maximum atomic E-state index is 12.6. The highest BCUT2D eigenvalue weighted by Gasteiger charge is 2.61. The van der Waals surface area contributed by atoms with Gasteiger partial charge in [-0.1, -0.05) is 12.1 Å². The Labute approximate surface area is 115 Å². The summed E-state index contributed by atoms with van der Waals surface area (Å²) in [6, 6.07) is 7.74. The lowest BCUT2D eigenvalue weighted by atomic mass is 9.91. The topological polar surface area (TPSA) is 49.6 Å². The van der Waals surface area contributed by atoms with Crippen molar-refractivity contribution in [2.24, 2.45) is 5.92 Å². The molecule has 19 heavy (non-hydrogen) atoms. The fourth-order valence-electron chi connectivity index (χ4n) is 2.91. The van der Waals surface area contributed by atoms with Crippen LogP contribution in [0.3, 0.4) is 0 Å². The van der Waals surface area contributed by atoms with Gasteiger partial charge in [0.1, 0.15) is 0 Å². The molecular formula is C15H23N3O. The van der Waals surface area contributed by atoms with Crippen molar-refractivity contribution in [1.82, 2.24) is 9.80 Å². The molecule has 0 saturated heterocycles. The smallest absolute Gasteiger partial charge is 0.233 e. The van der Waals surface area contributed by atoms with Crippen molar-refractivity contribution in [1.29, 1.82) is 0 Å².